The fraction of sp³-hybridized carbons (Fsp3) is 0.512. The third-order valence-electron chi connectivity index (χ3n) is 11.0. The summed E-state index contributed by atoms with van der Waals surface area (Å²) >= 11 is 0. The predicted molar refractivity (Wildman–Crippen MR) is 201 cm³/mol. The van der Waals surface area contributed by atoms with Crippen LogP contribution in [0.5, 0.6) is 0 Å². The van der Waals surface area contributed by atoms with E-state index in [-0.39, 0.29) is 41.3 Å². The highest BCUT2D eigenvalue weighted by Crippen LogP contribution is 2.65. The molecule has 9 nitrogen and oxygen atoms in total. The Morgan fingerprint density at radius 3 is 2.08 bits per heavy atom. The second kappa shape index (κ2) is 14.5. The summed E-state index contributed by atoms with van der Waals surface area (Å²) in [6.45, 7) is 16.5. The third-order valence-corrected chi connectivity index (χ3v) is 11.0. The highest BCUT2D eigenvalue weighted by Gasteiger charge is 2.68. The fourth-order valence-corrected chi connectivity index (χ4v) is 8.16. The van der Waals surface area contributed by atoms with Crippen molar-refractivity contribution in [2.24, 2.45) is 33.4 Å². The van der Waals surface area contributed by atoms with E-state index in [0.717, 1.165) is 35.2 Å². The van der Waals surface area contributed by atoms with Gasteiger partial charge in [-0.05, 0) is 111 Å². The van der Waals surface area contributed by atoms with Gasteiger partial charge in [0.15, 0.2) is 0 Å². The molecule has 51 heavy (non-hydrogen) atoms. The average Bonchev–Trinajstić information content (AvgIpc) is 3.44. The summed E-state index contributed by atoms with van der Waals surface area (Å²) in [5, 5.41) is 14.9. The lowest BCUT2D eigenvalue weighted by molar-refractivity contribution is -0.199. The molecule has 1 saturated heterocycles. The Morgan fingerprint density at radius 1 is 0.882 bits per heavy atom. The van der Waals surface area contributed by atoms with Crippen LogP contribution in [0, 0.1) is 23.2 Å². The van der Waals surface area contributed by atoms with Crippen molar-refractivity contribution < 1.29 is 23.6 Å². The van der Waals surface area contributed by atoms with E-state index in [4.69, 9.17) is 14.0 Å². The van der Waals surface area contributed by atoms with Gasteiger partial charge in [-0.3, -0.25) is 4.79 Å². The number of benzene rings is 3. The molecule has 4 fully saturated rings. The van der Waals surface area contributed by atoms with E-state index in [1.807, 2.05) is 66.7 Å². The van der Waals surface area contributed by atoms with Crippen LogP contribution in [0.25, 0.3) is 11.1 Å². The summed E-state index contributed by atoms with van der Waals surface area (Å²) in [5.41, 5.74) is 3.65. The number of alkyl carbamates (subject to hydrolysis) is 1. The number of ether oxygens (including phenoxy) is 1. The van der Waals surface area contributed by atoms with Crippen LogP contribution < -0.4 is 10.6 Å². The molecule has 1 aliphatic heterocycles. The summed E-state index contributed by atoms with van der Waals surface area (Å²) < 4.78 is 18.9. The molecule has 270 valence electrons. The zero-order valence-electron chi connectivity index (χ0n) is 31.3. The third kappa shape index (κ3) is 8.39. The van der Waals surface area contributed by atoms with Crippen LogP contribution in [0.4, 0.5) is 16.2 Å². The maximum atomic E-state index is 14.1. The molecule has 1 unspecified atom stereocenters. The van der Waals surface area contributed by atoms with Gasteiger partial charge in [-0.1, -0.05) is 82.3 Å². The zero-order chi connectivity index (χ0) is 36.6. The molecule has 3 saturated carbocycles. The van der Waals surface area contributed by atoms with Gasteiger partial charge < -0.3 is 24.7 Å². The quantitative estimate of drug-likeness (QED) is 0.154. The Labute approximate surface area is 303 Å². The van der Waals surface area contributed by atoms with E-state index in [0.29, 0.717) is 23.9 Å². The zero-order valence-corrected chi connectivity index (χ0v) is 31.3. The number of hydrogen-bond donors (Lipinski definition) is 2. The molecule has 2 amide bonds. The monoisotopic (exact) mass is 692 g/mol. The first-order valence-electron chi connectivity index (χ1n) is 18.4. The van der Waals surface area contributed by atoms with Gasteiger partial charge in [0, 0.05) is 6.42 Å². The molecular weight excluding hydrogens is 639 g/mol. The lowest BCUT2D eigenvalue weighted by atomic mass is 9.43. The molecule has 0 radical (unpaired) electrons. The van der Waals surface area contributed by atoms with Gasteiger partial charge in [0.05, 0.1) is 29.0 Å². The van der Waals surface area contributed by atoms with Crippen molar-refractivity contribution in [1.29, 1.82) is 0 Å². The summed E-state index contributed by atoms with van der Waals surface area (Å²) in [6.07, 6.45) is 2.40. The van der Waals surface area contributed by atoms with Crippen molar-refractivity contribution in [2.45, 2.75) is 110 Å². The number of nitrogens with zero attached hydrogens (tertiary/aromatic N) is 2. The molecule has 3 aliphatic carbocycles. The van der Waals surface area contributed by atoms with Crippen LogP contribution >= 0.6 is 0 Å². The van der Waals surface area contributed by atoms with E-state index in [1.54, 1.807) is 20.8 Å². The minimum Gasteiger partial charge on any atom is -0.444 e. The molecule has 10 heteroatoms. The Balaban J connectivity index is 1.14. The Morgan fingerprint density at radius 2 is 1.49 bits per heavy atom. The van der Waals surface area contributed by atoms with Crippen molar-refractivity contribution in [3.63, 3.8) is 0 Å². The molecule has 1 heterocycles. The molecule has 2 bridgehead atoms. The van der Waals surface area contributed by atoms with Crippen LogP contribution in [-0.4, -0.2) is 48.4 Å². The van der Waals surface area contributed by atoms with Gasteiger partial charge in [0.25, 0.3) is 0 Å². The summed E-state index contributed by atoms with van der Waals surface area (Å²) in [7, 11) is -0.567. The van der Waals surface area contributed by atoms with Crippen LogP contribution in [0.1, 0.15) is 80.2 Å². The summed E-state index contributed by atoms with van der Waals surface area (Å²) in [6, 6.07) is 24.8. The van der Waals surface area contributed by atoms with Gasteiger partial charge in [-0.2, -0.15) is 10.2 Å². The number of rotatable bonds is 11. The standard InChI is InChI=1S/C41H53BN4O5/c1-26(2)22-36(42-50-35-25-30-24-34(40(30,6)7)41(35,8)51-42)44-37(47)33(43-38(48)49-39(3,4)5)23-27-14-18-31(19-15-27)45-46-32-20-16-29(17-21-32)28-12-10-9-11-13-28/h9-21,26,30,33-36H,22-25H2,1-8H3,(H,43,48)(H,44,47)/t30-,33-,34-,35?,36-,41-/m0/s1. The van der Waals surface area contributed by atoms with Crippen LogP contribution in [0.2, 0.25) is 0 Å². The predicted octanol–water partition coefficient (Wildman–Crippen LogP) is 9.00. The molecule has 6 atom stereocenters. The highest BCUT2D eigenvalue weighted by atomic mass is 16.7. The van der Waals surface area contributed by atoms with Crippen LogP contribution in [-0.2, 0) is 25.3 Å². The number of nitrogens with one attached hydrogen (secondary N) is 2. The fourth-order valence-electron chi connectivity index (χ4n) is 8.16. The SMILES string of the molecule is CC(C)C[C@H](NC(=O)[C@H](Cc1ccc(N=Nc2ccc(-c3ccccc3)cc2)cc1)NC(=O)OC(C)(C)C)B1OC2C[C@@H]3C[C@@H](C3(C)C)[C@]2(C)O1. The molecule has 4 aliphatic rings. The average molecular weight is 693 g/mol. The molecule has 3 aromatic rings. The Bertz CT molecular complexity index is 1710. The molecule has 3 aromatic carbocycles. The minimum atomic E-state index is -0.892. The van der Waals surface area contributed by atoms with Crippen molar-refractivity contribution >= 4 is 30.5 Å². The number of azo groups is 1. The number of hydrogen-bond acceptors (Lipinski definition) is 7. The largest absolute Gasteiger partial charge is 0.481 e. The Kier molecular flexibility index (Phi) is 10.5. The number of carbonyl (C=O) groups excluding carboxylic acids is 2. The molecule has 0 aromatic heterocycles. The normalized spacial score (nSPS) is 24.8. The van der Waals surface area contributed by atoms with E-state index in [1.165, 1.54) is 0 Å². The van der Waals surface area contributed by atoms with Gasteiger partial charge in [0.1, 0.15) is 11.6 Å². The summed E-state index contributed by atoms with van der Waals surface area (Å²) in [4.78, 5) is 27.1. The lowest BCUT2D eigenvalue weighted by Gasteiger charge is -2.64. The molecule has 0 spiro atoms. The number of carbonyl (C=O) groups is 2. The maximum Gasteiger partial charge on any atom is 0.481 e. The molecular formula is C41H53BN4O5. The summed E-state index contributed by atoms with van der Waals surface area (Å²) in [5.74, 6) is 0.629. The molecule has 7 rings (SSSR count). The van der Waals surface area contributed by atoms with Gasteiger partial charge >= 0.3 is 13.2 Å². The number of amides is 2. The van der Waals surface area contributed by atoms with E-state index >= 15 is 0 Å². The minimum absolute atomic E-state index is 0.00541. The maximum absolute atomic E-state index is 14.1. The first kappa shape index (κ1) is 36.8. The first-order chi connectivity index (χ1) is 24.1. The second-order valence-corrected chi connectivity index (χ2v) is 16.8. The molecule has 2 N–H and O–H groups in total. The first-order valence-corrected chi connectivity index (χ1v) is 18.4. The lowest BCUT2D eigenvalue weighted by Crippen LogP contribution is -2.65. The van der Waals surface area contributed by atoms with Crippen LogP contribution in [0.3, 0.4) is 0 Å². The van der Waals surface area contributed by atoms with Crippen molar-refractivity contribution in [3.8, 4) is 11.1 Å². The van der Waals surface area contributed by atoms with E-state index in [2.05, 4.69) is 67.6 Å². The van der Waals surface area contributed by atoms with Gasteiger partial charge in [-0.25, -0.2) is 4.79 Å². The van der Waals surface area contributed by atoms with Crippen molar-refractivity contribution in [2.75, 3.05) is 0 Å². The van der Waals surface area contributed by atoms with E-state index < -0.39 is 24.9 Å². The van der Waals surface area contributed by atoms with Gasteiger partial charge in [0.2, 0.25) is 5.91 Å². The second-order valence-electron chi connectivity index (χ2n) is 16.8. The Hall–Kier alpha value is -4.02. The van der Waals surface area contributed by atoms with Gasteiger partial charge in [-0.15, -0.1) is 0 Å². The smallest absolute Gasteiger partial charge is 0.444 e. The van der Waals surface area contributed by atoms with Crippen molar-refractivity contribution in [1.82, 2.24) is 10.6 Å². The topological polar surface area (TPSA) is 111 Å². The highest BCUT2D eigenvalue weighted by molar-refractivity contribution is 6.48. The van der Waals surface area contributed by atoms with E-state index in [9.17, 15) is 9.59 Å². The van der Waals surface area contributed by atoms with Crippen LogP contribution in [0.15, 0.2) is 89.1 Å². The van der Waals surface area contributed by atoms with Crippen molar-refractivity contribution in [3.05, 3.63) is 84.4 Å².